The third-order valence-corrected chi connectivity index (χ3v) is 3.41. The lowest BCUT2D eigenvalue weighted by Crippen LogP contribution is -2.15. The summed E-state index contributed by atoms with van der Waals surface area (Å²) in [4.78, 5) is 14.9. The zero-order valence-electron chi connectivity index (χ0n) is 13.2. The maximum absolute atomic E-state index is 12.2. The fourth-order valence-electron chi connectivity index (χ4n) is 2.21. The maximum Gasteiger partial charge on any atom is 0.279 e. The van der Waals surface area contributed by atoms with Crippen LogP contribution in [0.25, 0.3) is 11.3 Å². The van der Waals surface area contributed by atoms with Crippen LogP contribution in [0.5, 0.6) is 11.5 Å². The molecule has 1 heterocycles. The predicted molar refractivity (Wildman–Crippen MR) is 90.9 cm³/mol. The van der Waals surface area contributed by atoms with Gasteiger partial charge in [0.05, 0.1) is 19.9 Å². The van der Waals surface area contributed by atoms with Crippen molar-refractivity contribution in [2.24, 2.45) is 0 Å². The Balaban J connectivity index is 1.90. The summed E-state index contributed by atoms with van der Waals surface area (Å²) in [6.07, 6.45) is 0. The van der Waals surface area contributed by atoms with Gasteiger partial charge >= 0.3 is 0 Å². The van der Waals surface area contributed by atoms with Gasteiger partial charge in [-0.25, -0.2) is 0 Å². The van der Waals surface area contributed by atoms with E-state index in [9.17, 15) is 4.79 Å². The number of H-pyrrole nitrogens is 1. The van der Waals surface area contributed by atoms with E-state index in [0.717, 1.165) is 0 Å². The minimum atomic E-state index is -0.328. The van der Waals surface area contributed by atoms with Crippen LogP contribution < -0.4 is 20.3 Å². The Morgan fingerprint density at radius 1 is 1.00 bits per heavy atom. The molecule has 0 aliphatic heterocycles. The lowest BCUT2D eigenvalue weighted by Gasteiger charge is -2.11. The Bertz CT molecular complexity index is 894. The average molecular weight is 324 g/mol. The van der Waals surface area contributed by atoms with Crippen LogP contribution in [-0.4, -0.2) is 29.4 Å². The van der Waals surface area contributed by atoms with E-state index < -0.39 is 0 Å². The van der Waals surface area contributed by atoms with Gasteiger partial charge in [-0.3, -0.25) is 9.78 Å². The first-order chi connectivity index (χ1) is 11.7. The van der Waals surface area contributed by atoms with E-state index in [4.69, 9.17) is 9.47 Å². The molecule has 0 saturated carbocycles. The Labute approximate surface area is 138 Å². The SMILES string of the molecule is COc1ccc(Nc2nnc(-c3ccccc3)c(=O)[nH]2)c(OC)c1. The van der Waals surface area contributed by atoms with Crippen LogP contribution in [0.2, 0.25) is 0 Å². The molecule has 0 spiro atoms. The van der Waals surface area contributed by atoms with E-state index in [1.54, 1.807) is 44.6 Å². The van der Waals surface area contributed by atoms with Gasteiger partial charge in [-0.1, -0.05) is 30.3 Å². The highest BCUT2D eigenvalue weighted by Gasteiger charge is 2.10. The number of rotatable bonds is 5. The van der Waals surface area contributed by atoms with Gasteiger partial charge in [0.1, 0.15) is 11.5 Å². The summed E-state index contributed by atoms with van der Waals surface area (Å²) in [6, 6.07) is 14.4. The second kappa shape index (κ2) is 6.82. The lowest BCUT2D eigenvalue weighted by atomic mass is 10.2. The van der Waals surface area contributed by atoms with Crippen LogP contribution in [0, 0.1) is 0 Å². The van der Waals surface area contributed by atoms with Gasteiger partial charge in [-0.2, -0.15) is 0 Å². The molecule has 122 valence electrons. The monoisotopic (exact) mass is 324 g/mol. The Hall–Kier alpha value is -3.35. The molecule has 7 heteroatoms. The molecule has 3 rings (SSSR count). The van der Waals surface area contributed by atoms with Crippen LogP contribution in [0.1, 0.15) is 0 Å². The summed E-state index contributed by atoms with van der Waals surface area (Å²) in [6.45, 7) is 0. The molecule has 1 aromatic heterocycles. The van der Waals surface area contributed by atoms with E-state index >= 15 is 0 Å². The molecule has 0 aliphatic carbocycles. The molecule has 7 nitrogen and oxygen atoms in total. The van der Waals surface area contributed by atoms with Crippen molar-refractivity contribution in [3.63, 3.8) is 0 Å². The Kier molecular flexibility index (Phi) is 4.42. The molecule has 0 atom stereocenters. The summed E-state index contributed by atoms with van der Waals surface area (Å²) in [7, 11) is 3.13. The van der Waals surface area contributed by atoms with Crippen molar-refractivity contribution in [3.05, 3.63) is 58.9 Å². The van der Waals surface area contributed by atoms with Crippen LogP contribution in [-0.2, 0) is 0 Å². The van der Waals surface area contributed by atoms with Crippen molar-refractivity contribution in [2.45, 2.75) is 0 Å². The number of hydrogen-bond donors (Lipinski definition) is 2. The molecule has 3 aromatic rings. The number of nitrogens with one attached hydrogen (secondary N) is 2. The van der Waals surface area contributed by atoms with E-state index in [-0.39, 0.29) is 17.2 Å². The second-order valence-corrected chi connectivity index (χ2v) is 4.91. The summed E-state index contributed by atoms with van der Waals surface area (Å²) in [5.74, 6) is 1.45. The van der Waals surface area contributed by atoms with Crippen LogP contribution in [0.4, 0.5) is 11.6 Å². The normalized spacial score (nSPS) is 10.2. The minimum absolute atomic E-state index is 0.225. The van der Waals surface area contributed by atoms with Gasteiger partial charge in [-0.15, -0.1) is 10.2 Å². The largest absolute Gasteiger partial charge is 0.497 e. The molecule has 24 heavy (non-hydrogen) atoms. The first-order valence-corrected chi connectivity index (χ1v) is 7.22. The first-order valence-electron chi connectivity index (χ1n) is 7.22. The summed E-state index contributed by atoms with van der Waals surface area (Å²) < 4.78 is 10.5. The third-order valence-electron chi connectivity index (χ3n) is 3.41. The third kappa shape index (κ3) is 3.19. The number of aromatic amines is 1. The number of benzene rings is 2. The fourth-order valence-corrected chi connectivity index (χ4v) is 2.21. The number of aromatic nitrogens is 3. The maximum atomic E-state index is 12.2. The van der Waals surface area contributed by atoms with Crippen LogP contribution >= 0.6 is 0 Å². The lowest BCUT2D eigenvalue weighted by molar-refractivity contribution is 0.395. The molecule has 0 radical (unpaired) electrons. The molecule has 2 aromatic carbocycles. The molecule has 0 fully saturated rings. The molecule has 0 saturated heterocycles. The van der Waals surface area contributed by atoms with Gasteiger partial charge < -0.3 is 14.8 Å². The molecular weight excluding hydrogens is 308 g/mol. The Morgan fingerprint density at radius 2 is 1.79 bits per heavy atom. The summed E-state index contributed by atoms with van der Waals surface area (Å²) in [5, 5.41) is 11.0. The highest BCUT2D eigenvalue weighted by Crippen LogP contribution is 2.30. The molecule has 0 bridgehead atoms. The molecule has 0 unspecified atom stereocenters. The van der Waals surface area contributed by atoms with Crippen molar-refractivity contribution >= 4 is 11.6 Å². The highest BCUT2D eigenvalue weighted by atomic mass is 16.5. The molecular formula is C17H16N4O3. The molecule has 0 aliphatic rings. The van der Waals surface area contributed by atoms with Crippen molar-refractivity contribution in [1.29, 1.82) is 0 Å². The topological polar surface area (TPSA) is 89.1 Å². The van der Waals surface area contributed by atoms with Crippen molar-refractivity contribution < 1.29 is 9.47 Å². The van der Waals surface area contributed by atoms with Gasteiger partial charge in [0.25, 0.3) is 5.56 Å². The minimum Gasteiger partial charge on any atom is -0.497 e. The number of ether oxygens (including phenoxy) is 2. The zero-order chi connectivity index (χ0) is 16.9. The Morgan fingerprint density at radius 3 is 2.46 bits per heavy atom. The standard InChI is InChI=1S/C17H16N4O3/c1-23-12-8-9-13(14(10-12)24-2)18-17-19-16(22)15(20-21-17)11-6-4-3-5-7-11/h3-10H,1-2H3,(H2,18,19,21,22). The summed E-state index contributed by atoms with van der Waals surface area (Å²) >= 11 is 0. The molecule has 2 N–H and O–H groups in total. The highest BCUT2D eigenvalue weighted by molar-refractivity contribution is 5.65. The zero-order valence-corrected chi connectivity index (χ0v) is 13.2. The van der Waals surface area contributed by atoms with Gasteiger partial charge in [0, 0.05) is 11.6 Å². The first kappa shape index (κ1) is 15.5. The van der Waals surface area contributed by atoms with Gasteiger partial charge in [0.2, 0.25) is 5.95 Å². The fraction of sp³-hybridized carbons (Fsp3) is 0.118. The summed E-state index contributed by atoms with van der Waals surface area (Å²) in [5.41, 5.74) is 1.28. The number of anilines is 2. The quantitative estimate of drug-likeness (QED) is 0.750. The average Bonchev–Trinajstić information content (AvgIpc) is 2.63. The number of hydrogen-bond acceptors (Lipinski definition) is 6. The van der Waals surface area contributed by atoms with E-state index in [1.165, 1.54) is 0 Å². The smallest absolute Gasteiger partial charge is 0.279 e. The van der Waals surface area contributed by atoms with Crippen LogP contribution in [0.15, 0.2) is 53.3 Å². The number of methoxy groups -OCH3 is 2. The number of nitrogens with zero attached hydrogens (tertiary/aromatic N) is 2. The van der Waals surface area contributed by atoms with Gasteiger partial charge in [0.15, 0.2) is 5.69 Å². The van der Waals surface area contributed by atoms with E-state index in [0.29, 0.717) is 22.7 Å². The van der Waals surface area contributed by atoms with Crippen molar-refractivity contribution in [2.75, 3.05) is 19.5 Å². The van der Waals surface area contributed by atoms with Crippen molar-refractivity contribution in [1.82, 2.24) is 15.2 Å². The predicted octanol–water partition coefficient (Wildman–Crippen LogP) is 2.59. The van der Waals surface area contributed by atoms with Crippen LogP contribution in [0.3, 0.4) is 0 Å². The van der Waals surface area contributed by atoms with E-state index in [2.05, 4.69) is 20.5 Å². The second-order valence-electron chi connectivity index (χ2n) is 4.91. The van der Waals surface area contributed by atoms with Gasteiger partial charge in [-0.05, 0) is 12.1 Å². The molecule has 0 amide bonds. The van der Waals surface area contributed by atoms with E-state index in [1.807, 2.05) is 18.2 Å². The van der Waals surface area contributed by atoms with Crippen molar-refractivity contribution in [3.8, 4) is 22.8 Å².